The molecule has 0 fully saturated rings. The molecule has 0 aliphatic rings. The van der Waals surface area contributed by atoms with Gasteiger partial charge in [-0.2, -0.15) is 10.3 Å². The van der Waals surface area contributed by atoms with Gasteiger partial charge in [-0.15, -0.1) is 0 Å². The summed E-state index contributed by atoms with van der Waals surface area (Å²) in [7, 11) is 0. The van der Waals surface area contributed by atoms with Crippen molar-refractivity contribution in [1.82, 2.24) is 18.9 Å². The first-order chi connectivity index (χ1) is 14.5. The monoisotopic (exact) mass is 398 g/mol. The van der Waals surface area contributed by atoms with Gasteiger partial charge in [-0.05, 0) is 43.2 Å². The second kappa shape index (κ2) is 7.72. The largest absolute Gasteiger partial charge is 0.309 e. The minimum Gasteiger partial charge on any atom is -0.309 e. The van der Waals surface area contributed by atoms with Gasteiger partial charge in [0.2, 0.25) is 0 Å². The number of rotatable bonds is 3. The van der Waals surface area contributed by atoms with Crippen LogP contribution in [0, 0.1) is 18.3 Å². The number of pyridine rings is 3. The van der Waals surface area contributed by atoms with Crippen LogP contribution in [0.4, 0.5) is 0 Å². The first-order valence-electron chi connectivity index (χ1n) is 9.50. The molecule has 8 heteroatoms. The third-order valence-corrected chi connectivity index (χ3v) is 4.81. The minimum atomic E-state index is -0.494. The first kappa shape index (κ1) is 19.2. The lowest BCUT2D eigenvalue weighted by molar-refractivity contribution is 0.0997. The van der Waals surface area contributed by atoms with E-state index in [1.807, 2.05) is 19.9 Å². The summed E-state index contributed by atoms with van der Waals surface area (Å²) in [6.07, 6.45) is 5.37. The molecule has 0 bridgehead atoms. The molecule has 8 nitrogen and oxygen atoms in total. The third-order valence-electron chi connectivity index (χ3n) is 4.81. The number of hydrogen-bond donors (Lipinski definition) is 0. The summed E-state index contributed by atoms with van der Waals surface area (Å²) in [5, 5.41) is 10.0. The van der Waals surface area contributed by atoms with Crippen LogP contribution in [0.3, 0.4) is 0 Å². The maximum absolute atomic E-state index is 13.1. The number of carbonyl (C=O) groups excluding carboxylic acids is 1. The van der Waals surface area contributed by atoms with E-state index in [1.165, 1.54) is 22.9 Å². The highest BCUT2D eigenvalue weighted by atomic mass is 16.1. The van der Waals surface area contributed by atoms with Gasteiger partial charge in [-0.3, -0.25) is 19.0 Å². The molecule has 4 heterocycles. The molecule has 4 aromatic heterocycles. The highest BCUT2D eigenvalue weighted by molar-refractivity contribution is 5.94. The van der Waals surface area contributed by atoms with E-state index in [9.17, 15) is 14.9 Å². The van der Waals surface area contributed by atoms with Gasteiger partial charge in [0.05, 0.1) is 10.9 Å². The standard InChI is InChI=1S/C22H18N6O2/c1-3-10-27-19(26-21(29)15-6-8-24-9-7-15)16(13-23)12-17-20(27)25-18-14(2)5-4-11-28(18)22(17)30/h4-9,11-12H,3,10H2,1-2H3. The highest BCUT2D eigenvalue weighted by Crippen LogP contribution is 2.13. The number of aryl methyl sites for hydroxylation is 2. The van der Waals surface area contributed by atoms with Gasteiger partial charge in [0.15, 0.2) is 5.49 Å². The van der Waals surface area contributed by atoms with Crippen molar-refractivity contribution in [2.75, 3.05) is 0 Å². The number of hydrogen-bond acceptors (Lipinski definition) is 5. The van der Waals surface area contributed by atoms with Gasteiger partial charge >= 0.3 is 0 Å². The Morgan fingerprint density at radius 2 is 2.00 bits per heavy atom. The molecule has 0 unspecified atom stereocenters. The fraction of sp³-hybridized carbons (Fsp3) is 0.182. The Bertz CT molecular complexity index is 1460. The number of nitriles is 1. The van der Waals surface area contributed by atoms with E-state index in [0.717, 1.165) is 5.56 Å². The normalized spacial score (nSPS) is 11.7. The molecule has 0 spiro atoms. The fourth-order valence-corrected chi connectivity index (χ4v) is 3.38. The number of amides is 1. The zero-order valence-corrected chi connectivity index (χ0v) is 16.5. The maximum Gasteiger partial charge on any atom is 0.279 e. The van der Waals surface area contributed by atoms with Gasteiger partial charge < -0.3 is 4.57 Å². The van der Waals surface area contributed by atoms with Gasteiger partial charge in [-0.1, -0.05) is 13.0 Å². The molecule has 148 valence electrons. The van der Waals surface area contributed by atoms with Crippen LogP contribution in [-0.2, 0) is 6.54 Å². The average Bonchev–Trinajstić information content (AvgIpc) is 2.77. The molecule has 0 saturated heterocycles. The fourth-order valence-electron chi connectivity index (χ4n) is 3.38. The Labute approximate surface area is 171 Å². The second-order valence-corrected chi connectivity index (χ2v) is 6.84. The summed E-state index contributed by atoms with van der Waals surface area (Å²) in [4.78, 5) is 38.7. The van der Waals surface area contributed by atoms with E-state index in [-0.39, 0.29) is 16.6 Å². The predicted octanol–water partition coefficient (Wildman–Crippen LogP) is 2.38. The zero-order valence-electron chi connectivity index (χ0n) is 16.5. The smallest absolute Gasteiger partial charge is 0.279 e. The van der Waals surface area contributed by atoms with E-state index in [2.05, 4.69) is 16.0 Å². The van der Waals surface area contributed by atoms with Crippen molar-refractivity contribution in [3.63, 3.8) is 0 Å². The summed E-state index contributed by atoms with van der Waals surface area (Å²) in [6, 6.07) is 10.3. The van der Waals surface area contributed by atoms with E-state index >= 15 is 0 Å². The van der Waals surface area contributed by atoms with Crippen LogP contribution in [0.5, 0.6) is 0 Å². The van der Waals surface area contributed by atoms with E-state index in [4.69, 9.17) is 4.98 Å². The second-order valence-electron chi connectivity index (χ2n) is 6.84. The van der Waals surface area contributed by atoms with Crippen LogP contribution >= 0.6 is 0 Å². The molecular weight excluding hydrogens is 380 g/mol. The molecule has 0 radical (unpaired) electrons. The van der Waals surface area contributed by atoms with Crippen molar-refractivity contribution >= 4 is 22.6 Å². The summed E-state index contributed by atoms with van der Waals surface area (Å²) < 4.78 is 3.15. The van der Waals surface area contributed by atoms with Crippen LogP contribution in [-0.4, -0.2) is 24.8 Å². The SMILES string of the molecule is CCCn1c(=NC(=O)c2ccncc2)c(C#N)cc2c(=O)n3cccc(C)c3nc21. The number of fused-ring (bicyclic) bond motifs is 2. The van der Waals surface area contributed by atoms with Crippen LogP contribution in [0.15, 0.2) is 58.7 Å². The molecule has 0 aromatic carbocycles. The molecular formula is C22H18N6O2. The molecule has 4 aromatic rings. The van der Waals surface area contributed by atoms with Gasteiger partial charge in [-0.25, -0.2) is 4.98 Å². The van der Waals surface area contributed by atoms with Crippen LogP contribution in [0.25, 0.3) is 16.7 Å². The third kappa shape index (κ3) is 3.16. The van der Waals surface area contributed by atoms with Gasteiger partial charge in [0.1, 0.15) is 17.4 Å². The molecule has 1 amide bonds. The predicted molar refractivity (Wildman–Crippen MR) is 111 cm³/mol. The summed E-state index contributed by atoms with van der Waals surface area (Å²) in [6.45, 7) is 4.29. The lowest BCUT2D eigenvalue weighted by Gasteiger charge is -2.13. The zero-order chi connectivity index (χ0) is 21.3. The minimum absolute atomic E-state index is 0.143. The van der Waals surface area contributed by atoms with E-state index < -0.39 is 5.91 Å². The topological polar surface area (TPSA) is 105 Å². The molecule has 0 aliphatic heterocycles. The molecule has 30 heavy (non-hydrogen) atoms. The van der Waals surface area contributed by atoms with Crippen LogP contribution in [0.2, 0.25) is 0 Å². The van der Waals surface area contributed by atoms with Gasteiger partial charge in [0, 0.05) is 30.7 Å². The number of aromatic nitrogens is 4. The molecule has 4 rings (SSSR count). The van der Waals surface area contributed by atoms with E-state index in [0.29, 0.717) is 35.2 Å². The quantitative estimate of drug-likeness (QED) is 0.493. The summed E-state index contributed by atoms with van der Waals surface area (Å²) >= 11 is 0. The molecule has 0 aliphatic carbocycles. The van der Waals surface area contributed by atoms with Crippen molar-refractivity contribution in [3.8, 4) is 6.07 Å². The highest BCUT2D eigenvalue weighted by Gasteiger charge is 2.15. The molecule has 0 N–H and O–H groups in total. The Kier molecular flexibility index (Phi) is 4.94. The summed E-state index contributed by atoms with van der Waals surface area (Å²) in [5.41, 5.74) is 2.19. The van der Waals surface area contributed by atoms with Crippen LogP contribution in [0.1, 0.15) is 34.8 Å². The number of carbonyl (C=O) groups is 1. The van der Waals surface area contributed by atoms with Crippen molar-refractivity contribution in [1.29, 1.82) is 5.26 Å². The van der Waals surface area contributed by atoms with Crippen molar-refractivity contribution in [2.24, 2.45) is 4.99 Å². The van der Waals surface area contributed by atoms with Gasteiger partial charge in [0.25, 0.3) is 11.5 Å². The van der Waals surface area contributed by atoms with Crippen LogP contribution < -0.4 is 11.0 Å². The molecule has 0 saturated carbocycles. The Morgan fingerprint density at radius 3 is 2.70 bits per heavy atom. The first-order valence-corrected chi connectivity index (χ1v) is 9.50. The van der Waals surface area contributed by atoms with Crippen molar-refractivity contribution in [3.05, 3.63) is 81.5 Å². The lowest BCUT2D eigenvalue weighted by atomic mass is 10.2. The van der Waals surface area contributed by atoms with Crippen molar-refractivity contribution < 1.29 is 4.79 Å². The Morgan fingerprint density at radius 1 is 1.23 bits per heavy atom. The molecule has 0 atom stereocenters. The average molecular weight is 398 g/mol. The van der Waals surface area contributed by atoms with E-state index in [1.54, 1.807) is 29.0 Å². The lowest BCUT2D eigenvalue weighted by Crippen LogP contribution is -2.29. The Balaban J connectivity index is 2.14. The van der Waals surface area contributed by atoms with Crippen molar-refractivity contribution in [2.45, 2.75) is 26.8 Å². The maximum atomic E-state index is 13.1. The summed E-state index contributed by atoms with van der Waals surface area (Å²) in [5.74, 6) is -0.494. The number of nitrogens with zero attached hydrogens (tertiary/aromatic N) is 6. The Hall–Kier alpha value is -4.12.